The number of hydrogen-bond acceptors (Lipinski definition) is 8. The molecule has 0 amide bonds. The molecule has 0 aliphatic heterocycles. The molecule has 5 nitrogen and oxygen atoms in total. The number of aliphatic hydroxyl groups excluding tert-OH is 1. The average Bonchev–Trinajstić information content (AvgIpc) is 3.43. The quantitative estimate of drug-likeness (QED) is 0.139. The molecule has 0 radical (unpaired) electrons. The number of nitriles is 1. The van der Waals surface area contributed by atoms with Gasteiger partial charge in [0, 0.05) is 10.9 Å². The minimum Gasteiger partial charge on any atom is -0.510 e. The number of thiophene rings is 1. The van der Waals surface area contributed by atoms with Crippen LogP contribution in [0.2, 0.25) is 0 Å². The van der Waals surface area contributed by atoms with Crippen LogP contribution in [0.5, 0.6) is 0 Å². The molecule has 0 fully saturated rings. The second-order valence-corrected chi connectivity index (χ2v) is 9.44. The van der Waals surface area contributed by atoms with Gasteiger partial charge in [0.15, 0.2) is 0 Å². The molecule has 0 atom stereocenters. The summed E-state index contributed by atoms with van der Waals surface area (Å²) >= 11 is 4.36. The second kappa shape index (κ2) is 8.47. The molecule has 0 unspecified atom stereocenters. The van der Waals surface area contributed by atoms with E-state index in [0.717, 1.165) is 36.6 Å². The van der Waals surface area contributed by atoms with Crippen molar-refractivity contribution >= 4 is 60.4 Å². The Labute approximate surface area is 190 Å². The first-order chi connectivity index (χ1) is 15.2. The van der Waals surface area contributed by atoms with Crippen molar-refractivity contribution in [2.24, 2.45) is 0 Å². The maximum Gasteiger partial charge on any atom is 0.138 e. The van der Waals surface area contributed by atoms with Crippen molar-refractivity contribution in [1.82, 2.24) is 15.0 Å². The predicted molar refractivity (Wildman–Crippen MR) is 128 cm³/mol. The molecule has 0 saturated carbocycles. The Bertz CT molecular complexity index is 1430. The molecule has 0 spiro atoms. The van der Waals surface area contributed by atoms with Crippen LogP contribution in [-0.4, -0.2) is 25.8 Å². The summed E-state index contributed by atoms with van der Waals surface area (Å²) in [5, 5.41) is 24.7. The van der Waals surface area contributed by atoms with E-state index in [1.165, 1.54) is 29.4 Å². The van der Waals surface area contributed by atoms with Crippen LogP contribution in [0.25, 0.3) is 37.1 Å². The third-order valence-electron chi connectivity index (χ3n) is 4.67. The van der Waals surface area contributed by atoms with Crippen LogP contribution in [-0.2, 0) is 0 Å². The summed E-state index contributed by atoms with van der Waals surface area (Å²) in [6.45, 7) is 0. The molecule has 5 rings (SSSR count). The molecule has 8 heteroatoms. The van der Waals surface area contributed by atoms with E-state index >= 15 is 0 Å². The van der Waals surface area contributed by atoms with Gasteiger partial charge in [0.1, 0.15) is 38.6 Å². The topological polar surface area (TPSA) is 82.7 Å². The van der Waals surface area contributed by atoms with E-state index in [1.807, 2.05) is 42.5 Å². The molecule has 0 aliphatic rings. The van der Waals surface area contributed by atoms with Gasteiger partial charge in [0.05, 0.1) is 21.4 Å². The van der Waals surface area contributed by atoms with Gasteiger partial charge in [-0.05, 0) is 17.7 Å². The third kappa shape index (κ3) is 3.79. The third-order valence-corrected chi connectivity index (χ3v) is 7.61. The lowest BCUT2D eigenvalue weighted by Gasteiger charge is -2.06. The van der Waals surface area contributed by atoms with Gasteiger partial charge >= 0.3 is 0 Å². The number of rotatable bonds is 5. The standard InChI is InChI=1S/C23H14N4OS3/c24-10-15(21-27-17-8-4-5-9-19(17)31-21)18(28)12-30-23-20-16(14-6-2-1-3-7-14)11-29-22(20)25-13-26-23/h1-9,11,13,28H,12H2/b18-15-. The molecular weight excluding hydrogens is 444 g/mol. The van der Waals surface area contributed by atoms with Crippen molar-refractivity contribution in [3.05, 3.63) is 77.1 Å². The number of para-hydroxylation sites is 1. The lowest BCUT2D eigenvalue weighted by Crippen LogP contribution is -1.94. The zero-order valence-corrected chi connectivity index (χ0v) is 18.5. The summed E-state index contributed by atoms with van der Waals surface area (Å²) in [7, 11) is 0. The summed E-state index contributed by atoms with van der Waals surface area (Å²) < 4.78 is 0.981. The van der Waals surface area contributed by atoms with Crippen molar-refractivity contribution < 1.29 is 5.11 Å². The van der Waals surface area contributed by atoms with E-state index in [-0.39, 0.29) is 17.1 Å². The molecule has 3 aromatic heterocycles. The first kappa shape index (κ1) is 19.7. The van der Waals surface area contributed by atoms with Gasteiger partial charge in [-0.15, -0.1) is 22.7 Å². The fourth-order valence-corrected chi connectivity index (χ4v) is 6.06. The normalized spacial score (nSPS) is 12.1. The van der Waals surface area contributed by atoms with Gasteiger partial charge in [0.25, 0.3) is 0 Å². The summed E-state index contributed by atoms with van der Waals surface area (Å²) in [4.78, 5) is 14.3. The summed E-state index contributed by atoms with van der Waals surface area (Å²) in [5.41, 5.74) is 3.18. The number of allylic oxidation sites excluding steroid dienone is 1. The number of nitrogens with zero attached hydrogens (tertiary/aromatic N) is 4. The van der Waals surface area contributed by atoms with E-state index in [4.69, 9.17) is 0 Å². The van der Waals surface area contributed by atoms with Gasteiger partial charge < -0.3 is 5.11 Å². The maximum atomic E-state index is 10.7. The largest absolute Gasteiger partial charge is 0.510 e. The molecule has 2 aromatic carbocycles. The van der Waals surface area contributed by atoms with Crippen molar-refractivity contribution in [2.75, 3.05) is 5.75 Å². The van der Waals surface area contributed by atoms with Crippen molar-refractivity contribution in [3.8, 4) is 17.2 Å². The number of aliphatic hydroxyl groups is 1. The van der Waals surface area contributed by atoms with E-state index in [9.17, 15) is 10.4 Å². The highest BCUT2D eigenvalue weighted by molar-refractivity contribution is 7.99. The molecule has 150 valence electrons. The van der Waals surface area contributed by atoms with Crippen LogP contribution in [0.3, 0.4) is 0 Å². The zero-order chi connectivity index (χ0) is 21.2. The Kier molecular flexibility index (Phi) is 5.38. The van der Waals surface area contributed by atoms with Crippen LogP contribution in [0, 0.1) is 11.3 Å². The lowest BCUT2D eigenvalue weighted by molar-refractivity contribution is 0.421. The summed E-state index contributed by atoms with van der Waals surface area (Å²) in [5.74, 6) is 0.212. The van der Waals surface area contributed by atoms with Crippen LogP contribution < -0.4 is 0 Å². The number of fused-ring (bicyclic) bond motifs is 2. The number of thioether (sulfide) groups is 1. The molecule has 0 aliphatic carbocycles. The van der Waals surface area contributed by atoms with E-state index in [1.54, 1.807) is 11.3 Å². The first-order valence-corrected chi connectivity index (χ1v) is 12.0. The van der Waals surface area contributed by atoms with Gasteiger partial charge in [-0.1, -0.05) is 54.2 Å². The van der Waals surface area contributed by atoms with Crippen LogP contribution >= 0.6 is 34.4 Å². The van der Waals surface area contributed by atoms with Crippen molar-refractivity contribution in [3.63, 3.8) is 0 Å². The highest BCUT2D eigenvalue weighted by Gasteiger charge is 2.17. The van der Waals surface area contributed by atoms with E-state index in [0.29, 0.717) is 5.01 Å². The highest BCUT2D eigenvalue weighted by Crippen LogP contribution is 2.38. The summed E-state index contributed by atoms with van der Waals surface area (Å²) in [6.07, 6.45) is 1.54. The number of hydrogen-bond donors (Lipinski definition) is 1. The monoisotopic (exact) mass is 458 g/mol. The molecular formula is C23H14N4OS3. The van der Waals surface area contributed by atoms with E-state index < -0.39 is 0 Å². The SMILES string of the molecule is N#C/C(=C(/O)CSc1ncnc2scc(-c3ccccc3)c12)c1nc2ccccc2s1. The molecule has 31 heavy (non-hydrogen) atoms. The van der Waals surface area contributed by atoms with E-state index in [2.05, 4.69) is 38.5 Å². The fourth-order valence-electron chi connectivity index (χ4n) is 3.21. The first-order valence-electron chi connectivity index (χ1n) is 9.33. The Morgan fingerprint density at radius 1 is 1.06 bits per heavy atom. The molecule has 3 heterocycles. The Morgan fingerprint density at radius 3 is 2.68 bits per heavy atom. The maximum absolute atomic E-state index is 10.7. The molecule has 1 N–H and O–H groups in total. The van der Waals surface area contributed by atoms with Gasteiger partial charge in [-0.25, -0.2) is 15.0 Å². The minimum atomic E-state index is -0.00481. The Morgan fingerprint density at radius 2 is 1.87 bits per heavy atom. The number of thiazole rings is 1. The van der Waals surface area contributed by atoms with Crippen LogP contribution in [0.4, 0.5) is 0 Å². The van der Waals surface area contributed by atoms with Crippen molar-refractivity contribution in [1.29, 1.82) is 5.26 Å². The Hall–Kier alpha value is -3.25. The number of benzene rings is 2. The molecule has 0 saturated heterocycles. The number of aromatic nitrogens is 3. The lowest BCUT2D eigenvalue weighted by atomic mass is 10.1. The minimum absolute atomic E-state index is 0.00481. The average molecular weight is 459 g/mol. The Balaban J connectivity index is 1.49. The van der Waals surface area contributed by atoms with Crippen LogP contribution in [0.1, 0.15) is 5.01 Å². The fraction of sp³-hybridized carbons (Fsp3) is 0.0435. The summed E-state index contributed by atoms with van der Waals surface area (Å²) in [6, 6.07) is 19.9. The molecule has 0 bridgehead atoms. The zero-order valence-electron chi connectivity index (χ0n) is 16.0. The predicted octanol–water partition coefficient (Wildman–Crippen LogP) is 6.55. The smallest absolute Gasteiger partial charge is 0.138 e. The van der Waals surface area contributed by atoms with Crippen molar-refractivity contribution in [2.45, 2.75) is 5.03 Å². The van der Waals surface area contributed by atoms with Gasteiger partial charge in [0.2, 0.25) is 0 Å². The van der Waals surface area contributed by atoms with Crippen LogP contribution in [0.15, 0.2) is 77.1 Å². The highest BCUT2D eigenvalue weighted by atomic mass is 32.2. The molecule has 5 aromatic rings. The van der Waals surface area contributed by atoms with Gasteiger partial charge in [-0.3, -0.25) is 0 Å². The van der Waals surface area contributed by atoms with Gasteiger partial charge in [-0.2, -0.15) is 5.26 Å². The second-order valence-electron chi connectivity index (χ2n) is 6.58.